The van der Waals surface area contributed by atoms with Crippen LogP contribution in [0.4, 0.5) is 0 Å². The molecule has 0 aromatic rings. The molecule has 0 aliphatic heterocycles. The minimum Gasteiger partial charge on any atom is -0.481 e. The number of carbonyl (C=O) groups is 1. The van der Waals surface area contributed by atoms with E-state index in [1.807, 2.05) is 0 Å². The molecule has 4 heteroatoms. The molecule has 10 heavy (non-hydrogen) atoms. The summed E-state index contributed by atoms with van der Waals surface area (Å²) >= 11 is 5.29. The summed E-state index contributed by atoms with van der Waals surface area (Å²) in [5.74, 6) is -1.42. The minimum atomic E-state index is -0.988. The summed E-state index contributed by atoms with van der Waals surface area (Å²) in [4.78, 5) is 10.2. The Balaban J connectivity index is 3.69. The maximum atomic E-state index is 10.2. The van der Waals surface area contributed by atoms with Crippen molar-refractivity contribution in [3.8, 4) is 0 Å². The van der Waals surface area contributed by atoms with Crippen LogP contribution >= 0.6 is 11.6 Å². The highest BCUT2D eigenvalue weighted by Gasteiger charge is 2.19. The summed E-state index contributed by atoms with van der Waals surface area (Å²) < 4.78 is 0. The number of rotatable bonds is 4. The quantitative estimate of drug-likeness (QED) is 0.605. The van der Waals surface area contributed by atoms with Crippen LogP contribution in [0.5, 0.6) is 0 Å². The van der Waals surface area contributed by atoms with Crippen molar-refractivity contribution in [1.82, 2.24) is 0 Å². The lowest BCUT2D eigenvalue weighted by molar-refractivity contribution is -0.144. The fraction of sp³-hybridized carbons (Fsp3) is 0.833. The van der Waals surface area contributed by atoms with Crippen LogP contribution in [0.15, 0.2) is 0 Å². The Labute approximate surface area is 64.6 Å². The van der Waals surface area contributed by atoms with E-state index in [-0.39, 0.29) is 0 Å². The third-order valence-electron chi connectivity index (χ3n) is 1.37. The lowest BCUT2D eigenvalue weighted by Gasteiger charge is -2.12. The zero-order valence-corrected chi connectivity index (χ0v) is 6.51. The number of alkyl halides is 1. The summed E-state index contributed by atoms with van der Waals surface area (Å²) in [6, 6.07) is 0. The number of halogens is 1. The molecular weight excluding hydrogens is 156 g/mol. The molecular formula is C6H11ClO3. The molecule has 0 rings (SSSR count). The van der Waals surface area contributed by atoms with Crippen molar-refractivity contribution < 1.29 is 15.0 Å². The lowest BCUT2D eigenvalue weighted by atomic mass is 10.0. The molecule has 0 saturated carbocycles. The van der Waals surface area contributed by atoms with Gasteiger partial charge < -0.3 is 10.2 Å². The Bertz CT molecular complexity index is 116. The standard InChI is InChI=1S/C6H11ClO3/c1-4(6(9)10)5(8)2-3-7/h4-5,8H,2-3H2,1H3,(H,9,10)/t4-,5?/m0/s1. The molecule has 0 aliphatic carbocycles. The Hall–Kier alpha value is -0.280. The molecule has 0 aromatic heterocycles. The van der Waals surface area contributed by atoms with E-state index in [1.165, 1.54) is 6.92 Å². The van der Waals surface area contributed by atoms with Crippen molar-refractivity contribution in [2.75, 3.05) is 5.88 Å². The predicted octanol–water partition coefficient (Wildman–Crippen LogP) is 0.697. The Morgan fingerprint density at radius 1 is 1.70 bits per heavy atom. The van der Waals surface area contributed by atoms with Gasteiger partial charge >= 0.3 is 5.97 Å². The number of aliphatic hydroxyl groups excluding tert-OH is 1. The first-order valence-corrected chi connectivity index (χ1v) is 3.60. The second-order valence-corrected chi connectivity index (χ2v) is 2.55. The van der Waals surface area contributed by atoms with Gasteiger partial charge in [-0.3, -0.25) is 4.79 Å². The van der Waals surface area contributed by atoms with E-state index < -0.39 is 18.0 Å². The molecule has 1 unspecified atom stereocenters. The fourth-order valence-electron chi connectivity index (χ4n) is 0.526. The normalized spacial score (nSPS) is 16.3. The predicted molar refractivity (Wildman–Crippen MR) is 38.1 cm³/mol. The van der Waals surface area contributed by atoms with Crippen molar-refractivity contribution in [1.29, 1.82) is 0 Å². The summed E-state index contributed by atoms with van der Waals surface area (Å²) in [5, 5.41) is 17.4. The van der Waals surface area contributed by atoms with Gasteiger partial charge in [-0.1, -0.05) is 0 Å². The van der Waals surface area contributed by atoms with Gasteiger partial charge in [0.15, 0.2) is 0 Å². The summed E-state index contributed by atoms with van der Waals surface area (Å²) in [7, 11) is 0. The highest BCUT2D eigenvalue weighted by Crippen LogP contribution is 2.07. The third-order valence-corrected chi connectivity index (χ3v) is 1.59. The van der Waals surface area contributed by atoms with E-state index >= 15 is 0 Å². The molecule has 3 nitrogen and oxygen atoms in total. The number of hydrogen-bond acceptors (Lipinski definition) is 2. The first-order chi connectivity index (χ1) is 4.59. The van der Waals surface area contributed by atoms with E-state index in [0.29, 0.717) is 12.3 Å². The van der Waals surface area contributed by atoms with Gasteiger partial charge in [-0.05, 0) is 13.3 Å². The zero-order valence-electron chi connectivity index (χ0n) is 5.75. The molecule has 0 radical (unpaired) electrons. The van der Waals surface area contributed by atoms with Gasteiger partial charge in [0.2, 0.25) is 0 Å². The largest absolute Gasteiger partial charge is 0.481 e. The molecule has 60 valence electrons. The maximum absolute atomic E-state index is 10.2. The highest BCUT2D eigenvalue weighted by atomic mass is 35.5. The van der Waals surface area contributed by atoms with Gasteiger partial charge in [0, 0.05) is 5.88 Å². The summed E-state index contributed by atoms with van der Waals surface area (Å²) in [5.41, 5.74) is 0. The maximum Gasteiger partial charge on any atom is 0.308 e. The van der Waals surface area contributed by atoms with Gasteiger partial charge in [-0.25, -0.2) is 0 Å². The summed E-state index contributed by atoms with van der Waals surface area (Å²) in [6.45, 7) is 1.46. The number of aliphatic hydroxyl groups is 1. The third kappa shape index (κ3) is 3.03. The number of carboxylic acid groups (broad SMARTS) is 1. The van der Waals surface area contributed by atoms with E-state index in [0.717, 1.165) is 0 Å². The highest BCUT2D eigenvalue weighted by molar-refractivity contribution is 6.17. The molecule has 0 spiro atoms. The molecule has 0 saturated heterocycles. The van der Waals surface area contributed by atoms with Crippen LogP contribution in [0.3, 0.4) is 0 Å². The van der Waals surface area contributed by atoms with Crippen LogP contribution in [0.2, 0.25) is 0 Å². The van der Waals surface area contributed by atoms with Crippen molar-refractivity contribution in [2.24, 2.45) is 5.92 Å². The summed E-state index contributed by atoms with van der Waals surface area (Å²) in [6.07, 6.45) is -0.496. The van der Waals surface area contributed by atoms with E-state index in [4.69, 9.17) is 21.8 Å². The Morgan fingerprint density at radius 2 is 2.20 bits per heavy atom. The van der Waals surface area contributed by atoms with E-state index in [2.05, 4.69) is 0 Å². The molecule has 0 amide bonds. The first-order valence-electron chi connectivity index (χ1n) is 3.06. The van der Waals surface area contributed by atoms with Crippen LogP contribution in [0.1, 0.15) is 13.3 Å². The lowest BCUT2D eigenvalue weighted by Crippen LogP contribution is -2.25. The van der Waals surface area contributed by atoms with E-state index in [1.54, 1.807) is 0 Å². The molecule has 0 fully saturated rings. The minimum absolute atomic E-state index is 0.290. The van der Waals surface area contributed by atoms with Crippen LogP contribution < -0.4 is 0 Å². The van der Waals surface area contributed by atoms with Crippen LogP contribution in [0.25, 0.3) is 0 Å². The van der Waals surface area contributed by atoms with Crippen LogP contribution in [0, 0.1) is 5.92 Å². The van der Waals surface area contributed by atoms with Crippen molar-refractivity contribution in [2.45, 2.75) is 19.4 Å². The van der Waals surface area contributed by atoms with Crippen molar-refractivity contribution in [3.63, 3.8) is 0 Å². The zero-order chi connectivity index (χ0) is 8.15. The number of hydrogen-bond donors (Lipinski definition) is 2. The molecule has 0 bridgehead atoms. The molecule has 0 heterocycles. The Kier molecular flexibility index (Phi) is 4.40. The molecule has 2 N–H and O–H groups in total. The number of carboxylic acids is 1. The number of aliphatic carboxylic acids is 1. The smallest absolute Gasteiger partial charge is 0.308 e. The molecule has 2 atom stereocenters. The first kappa shape index (κ1) is 9.72. The monoisotopic (exact) mass is 166 g/mol. The van der Waals surface area contributed by atoms with Gasteiger partial charge in [-0.2, -0.15) is 0 Å². The second-order valence-electron chi connectivity index (χ2n) is 2.17. The SMILES string of the molecule is C[C@H](C(=O)O)C(O)CCCl. The second kappa shape index (κ2) is 4.52. The van der Waals surface area contributed by atoms with E-state index in [9.17, 15) is 4.79 Å². The van der Waals surface area contributed by atoms with Crippen LogP contribution in [-0.4, -0.2) is 28.2 Å². The van der Waals surface area contributed by atoms with Gasteiger partial charge in [0.05, 0.1) is 12.0 Å². The average Bonchev–Trinajstić information content (AvgIpc) is 1.87. The van der Waals surface area contributed by atoms with Gasteiger partial charge in [0.25, 0.3) is 0 Å². The molecule has 0 aromatic carbocycles. The van der Waals surface area contributed by atoms with Gasteiger partial charge in [0.1, 0.15) is 0 Å². The van der Waals surface area contributed by atoms with Gasteiger partial charge in [-0.15, -0.1) is 11.6 Å². The topological polar surface area (TPSA) is 57.5 Å². The van der Waals surface area contributed by atoms with Crippen molar-refractivity contribution in [3.05, 3.63) is 0 Å². The average molecular weight is 167 g/mol. The fourth-order valence-corrected chi connectivity index (χ4v) is 0.750. The van der Waals surface area contributed by atoms with Crippen LogP contribution in [-0.2, 0) is 4.79 Å². The Morgan fingerprint density at radius 3 is 2.50 bits per heavy atom. The van der Waals surface area contributed by atoms with Crippen molar-refractivity contribution >= 4 is 17.6 Å². The molecule has 0 aliphatic rings.